The molecule has 5 nitrogen and oxygen atoms in total. The van der Waals surface area contributed by atoms with Crippen LogP contribution in [0.5, 0.6) is 0 Å². The highest BCUT2D eigenvalue weighted by Crippen LogP contribution is 2.67. The molecule has 3 fully saturated rings. The number of hydrogen-bond donors (Lipinski definition) is 1. The Morgan fingerprint density at radius 3 is 2.69 bits per heavy atom. The predicted molar refractivity (Wildman–Crippen MR) is 107 cm³/mol. The number of carbonyl (C=O) groups excluding carboxylic acids is 3. The first kappa shape index (κ1) is 21.2. The highest BCUT2D eigenvalue weighted by atomic mass is 79.9. The van der Waals surface area contributed by atoms with E-state index in [1.165, 1.54) is 6.92 Å². The van der Waals surface area contributed by atoms with Crippen LogP contribution in [0.4, 0.5) is 4.39 Å². The second kappa shape index (κ2) is 7.26. The number of fused-ring (bicyclic) bond motifs is 5. The predicted octanol–water partition coefficient (Wildman–Crippen LogP) is 3.31. The number of rotatable bonds is 3. The Kier molecular flexibility index (Phi) is 5.30. The molecule has 4 aliphatic rings. The Morgan fingerprint density at radius 2 is 2.03 bits per heavy atom. The molecule has 0 aromatic carbocycles. The number of carbonyl (C=O) groups is 3. The van der Waals surface area contributed by atoms with Crippen molar-refractivity contribution in [2.24, 2.45) is 29.1 Å². The van der Waals surface area contributed by atoms with Crippen LogP contribution in [0, 0.1) is 29.1 Å². The van der Waals surface area contributed by atoms with Gasteiger partial charge >= 0.3 is 5.97 Å². The third-order valence-corrected chi connectivity index (χ3v) is 9.10. The lowest BCUT2D eigenvalue weighted by Crippen LogP contribution is -2.65. The Bertz CT molecular complexity index is 781. The Morgan fingerprint density at radius 1 is 1.31 bits per heavy atom. The fourth-order valence-electron chi connectivity index (χ4n) is 7.08. The van der Waals surface area contributed by atoms with Crippen molar-refractivity contribution in [3.63, 3.8) is 0 Å². The molecule has 0 aliphatic heterocycles. The van der Waals surface area contributed by atoms with E-state index in [1.54, 1.807) is 6.08 Å². The van der Waals surface area contributed by atoms with Crippen molar-refractivity contribution in [3.05, 3.63) is 11.6 Å². The van der Waals surface area contributed by atoms with Crippen molar-refractivity contribution in [2.75, 3.05) is 6.61 Å². The number of ether oxygens (including phenoxy) is 1. The largest absolute Gasteiger partial charge is 0.459 e. The first-order chi connectivity index (χ1) is 13.6. The van der Waals surface area contributed by atoms with E-state index in [-0.39, 0.29) is 40.6 Å². The maximum atomic E-state index is 17.1. The molecular formula is C22H28BrFO5. The standard InChI is InChI=1S/C22H28BrFO5/c1-11(26)29-20-9-21(2)15(5-6-16(21)19(28)10-25)17-8-18(23)13-7-12(27)3-4-14(13)22(17,20)24/h7,14-18,20,25H,3-6,8-10H2,1-2H3/t14-,15-,16+,17-,18-,20+,21-,22-/m0/s1. The van der Waals surface area contributed by atoms with Crippen LogP contribution < -0.4 is 0 Å². The molecule has 4 rings (SSSR count). The van der Waals surface area contributed by atoms with Gasteiger partial charge in [-0.15, -0.1) is 0 Å². The van der Waals surface area contributed by atoms with Gasteiger partial charge in [-0.2, -0.15) is 0 Å². The van der Waals surface area contributed by atoms with Gasteiger partial charge in [0.15, 0.2) is 17.2 Å². The zero-order valence-corrected chi connectivity index (χ0v) is 18.4. The first-order valence-corrected chi connectivity index (χ1v) is 11.4. The number of aliphatic hydroxyl groups is 1. The second-order valence-corrected chi connectivity index (χ2v) is 10.6. The van der Waals surface area contributed by atoms with E-state index in [4.69, 9.17) is 4.74 Å². The minimum absolute atomic E-state index is 0.0157. The molecule has 0 aromatic rings. The average Bonchev–Trinajstić information content (AvgIpc) is 2.99. The second-order valence-electron chi connectivity index (χ2n) is 9.51. The van der Waals surface area contributed by atoms with Crippen LogP contribution in [0.15, 0.2) is 11.6 Å². The highest BCUT2D eigenvalue weighted by Gasteiger charge is 2.69. The van der Waals surface area contributed by atoms with Gasteiger partial charge in [0.2, 0.25) is 0 Å². The smallest absolute Gasteiger partial charge is 0.303 e. The van der Waals surface area contributed by atoms with Crippen LogP contribution in [0.25, 0.3) is 0 Å². The molecule has 0 radical (unpaired) electrons. The Labute approximate surface area is 178 Å². The van der Waals surface area contributed by atoms with Gasteiger partial charge in [0.25, 0.3) is 0 Å². The molecule has 0 aromatic heterocycles. The van der Waals surface area contributed by atoms with E-state index in [2.05, 4.69) is 15.9 Å². The van der Waals surface area contributed by atoms with E-state index < -0.39 is 35.7 Å². The van der Waals surface area contributed by atoms with Gasteiger partial charge in [-0.3, -0.25) is 14.4 Å². The van der Waals surface area contributed by atoms with Crippen LogP contribution in [0.1, 0.15) is 52.4 Å². The van der Waals surface area contributed by atoms with Gasteiger partial charge in [-0.1, -0.05) is 22.9 Å². The van der Waals surface area contributed by atoms with Gasteiger partial charge in [0.1, 0.15) is 12.7 Å². The molecule has 3 saturated carbocycles. The summed E-state index contributed by atoms with van der Waals surface area (Å²) >= 11 is 3.68. The minimum Gasteiger partial charge on any atom is -0.459 e. The van der Waals surface area contributed by atoms with E-state index in [9.17, 15) is 19.5 Å². The van der Waals surface area contributed by atoms with Gasteiger partial charge in [-0.25, -0.2) is 4.39 Å². The van der Waals surface area contributed by atoms with Crippen molar-refractivity contribution in [3.8, 4) is 0 Å². The molecule has 0 amide bonds. The van der Waals surface area contributed by atoms with Crippen LogP contribution in [0.2, 0.25) is 0 Å². The maximum Gasteiger partial charge on any atom is 0.303 e. The van der Waals surface area contributed by atoms with Gasteiger partial charge in [0.05, 0.1) is 0 Å². The molecule has 8 atom stereocenters. The minimum atomic E-state index is -1.75. The van der Waals surface area contributed by atoms with E-state index in [0.29, 0.717) is 25.7 Å². The molecule has 0 heterocycles. The number of ketones is 2. The van der Waals surface area contributed by atoms with Crippen molar-refractivity contribution in [1.29, 1.82) is 0 Å². The summed E-state index contributed by atoms with van der Waals surface area (Å²) in [5, 5.41) is 9.46. The average molecular weight is 471 g/mol. The molecule has 0 spiro atoms. The monoisotopic (exact) mass is 470 g/mol. The van der Waals surface area contributed by atoms with E-state index >= 15 is 4.39 Å². The van der Waals surface area contributed by atoms with Crippen molar-refractivity contribution < 1.29 is 28.6 Å². The van der Waals surface area contributed by atoms with Crippen molar-refractivity contribution in [2.45, 2.75) is 69.0 Å². The third kappa shape index (κ3) is 3.06. The summed E-state index contributed by atoms with van der Waals surface area (Å²) in [4.78, 5) is 36.3. The highest BCUT2D eigenvalue weighted by molar-refractivity contribution is 9.09. The zero-order valence-electron chi connectivity index (χ0n) is 16.8. The first-order valence-electron chi connectivity index (χ1n) is 10.5. The summed E-state index contributed by atoms with van der Waals surface area (Å²) in [5.74, 6) is -1.95. The molecule has 0 unspecified atom stereocenters. The summed E-state index contributed by atoms with van der Waals surface area (Å²) in [6.45, 7) is 2.77. The molecule has 7 heteroatoms. The molecule has 4 aliphatic carbocycles. The lowest BCUT2D eigenvalue weighted by atomic mass is 9.48. The number of Topliss-reactive ketones (excluding diaryl/α,β-unsaturated/α-hetero) is 1. The number of allylic oxidation sites excluding steroid dienone is 1. The SMILES string of the molecule is CC(=O)O[C@@H]1C[C@]2(C)[C@@H](C(=O)CO)CC[C@H]2[C@@H]2C[C@H](Br)C3=CC(=O)CC[C@@H]3[C@@]12F. The van der Waals surface area contributed by atoms with Gasteiger partial charge in [0, 0.05) is 35.9 Å². The molecule has 1 N–H and O–H groups in total. The van der Waals surface area contributed by atoms with Crippen LogP contribution >= 0.6 is 15.9 Å². The quantitative estimate of drug-likeness (QED) is 0.505. The number of halogens is 2. The summed E-state index contributed by atoms with van der Waals surface area (Å²) < 4.78 is 22.7. The van der Waals surface area contributed by atoms with Crippen LogP contribution in [-0.4, -0.2) is 45.8 Å². The zero-order chi connectivity index (χ0) is 21.1. The fraction of sp³-hybridized carbons (Fsp3) is 0.773. The molecule has 29 heavy (non-hydrogen) atoms. The Balaban J connectivity index is 1.80. The molecule has 0 saturated heterocycles. The van der Waals surface area contributed by atoms with Crippen LogP contribution in [0.3, 0.4) is 0 Å². The number of alkyl halides is 2. The van der Waals surface area contributed by atoms with E-state index in [1.807, 2.05) is 6.92 Å². The number of esters is 1. The maximum absolute atomic E-state index is 17.1. The molecular weight excluding hydrogens is 443 g/mol. The summed E-state index contributed by atoms with van der Waals surface area (Å²) in [6, 6.07) is 0. The lowest BCUT2D eigenvalue weighted by Gasteiger charge is -2.60. The van der Waals surface area contributed by atoms with Crippen LogP contribution in [-0.2, 0) is 19.1 Å². The van der Waals surface area contributed by atoms with Crippen molar-refractivity contribution >= 4 is 33.5 Å². The normalized spacial score (nSPS) is 46.2. The van der Waals surface area contributed by atoms with Gasteiger partial charge in [-0.05, 0) is 55.1 Å². The topological polar surface area (TPSA) is 80.7 Å². The Hall–Kier alpha value is -1.08. The molecule has 160 valence electrons. The summed E-state index contributed by atoms with van der Waals surface area (Å²) in [7, 11) is 0. The van der Waals surface area contributed by atoms with Gasteiger partial charge < -0.3 is 9.84 Å². The summed E-state index contributed by atoms with van der Waals surface area (Å²) in [6.07, 6.45) is 3.46. The van der Waals surface area contributed by atoms with Crippen molar-refractivity contribution in [1.82, 2.24) is 0 Å². The fourth-order valence-corrected chi connectivity index (χ4v) is 7.93. The molecule has 0 bridgehead atoms. The summed E-state index contributed by atoms with van der Waals surface area (Å²) in [5.41, 5.74) is -1.48. The number of hydrogen-bond acceptors (Lipinski definition) is 5. The van der Waals surface area contributed by atoms with E-state index in [0.717, 1.165) is 12.0 Å². The number of aliphatic hydroxyl groups excluding tert-OH is 1. The lowest BCUT2D eigenvalue weighted by molar-refractivity contribution is -0.203. The third-order valence-electron chi connectivity index (χ3n) is 8.20.